The van der Waals surface area contributed by atoms with Gasteiger partial charge in [0.05, 0.1) is 44.3 Å². The zero-order chi connectivity index (χ0) is 30.6. The molecule has 2 saturated heterocycles. The lowest BCUT2D eigenvalue weighted by molar-refractivity contribution is -0.0125. The van der Waals surface area contributed by atoms with E-state index < -0.39 is 0 Å². The Hall–Kier alpha value is -2.20. The van der Waals surface area contributed by atoms with E-state index in [1.165, 1.54) is 54.7 Å². The van der Waals surface area contributed by atoms with Crippen molar-refractivity contribution in [1.29, 1.82) is 0 Å². The van der Waals surface area contributed by atoms with Crippen LogP contribution >= 0.6 is 0 Å². The molecule has 3 aliphatic heterocycles. The van der Waals surface area contributed by atoms with E-state index >= 15 is 0 Å². The van der Waals surface area contributed by atoms with Crippen molar-refractivity contribution in [2.45, 2.75) is 70.9 Å². The summed E-state index contributed by atoms with van der Waals surface area (Å²) in [7, 11) is 1.77. The molecule has 8 heteroatoms. The first kappa shape index (κ1) is 33.2. The SMILES string of the molecule is CCOC(C)COCc1ccc([C@H]2[C@H](CN3CCCCC3)CNC[C@@H]2OCc2ccc3c(c2)N(CCCOC)CCO3)cc1. The maximum absolute atomic E-state index is 6.83. The van der Waals surface area contributed by atoms with Gasteiger partial charge in [-0.15, -0.1) is 0 Å². The fourth-order valence-electron chi connectivity index (χ4n) is 7.02. The van der Waals surface area contributed by atoms with Gasteiger partial charge in [-0.1, -0.05) is 36.8 Å². The normalized spacial score (nSPS) is 23.2. The molecule has 2 fully saturated rings. The number of anilines is 1. The number of nitrogens with zero attached hydrogens (tertiary/aromatic N) is 2. The summed E-state index contributed by atoms with van der Waals surface area (Å²) in [6.45, 7) is 15.4. The van der Waals surface area contributed by atoms with Crippen LogP contribution in [0.4, 0.5) is 5.69 Å². The Kier molecular flexibility index (Phi) is 13.2. The van der Waals surface area contributed by atoms with E-state index in [0.29, 0.717) is 38.3 Å². The van der Waals surface area contributed by atoms with Crippen molar-refractivity contribution >= 4 is 5.69 Å². The Morgan fingerprint density at radius 3 is 2.59 bits per heavy atom. The molecule has 0 bridgehead atoms. The minimum Gasteiger partial charge on any atom is -0.490 e. The number of rotatable bonds is 16. The quantitative estimate of drug-likeness (QED) is 0.260. The van der Waals surface area contributed by atoms with Crippen LogP contribution in [0.25, 0.3) is 0 Å². The van der Waals surface area contributed by atoms with Gasteiger partial charge in [-0.25, -0.2) is 0 Å². The second-order valence-corrected chi connectivity index (χ2v) is 12.7. The summed E-state index contributed by atoms with van der Waals surface area (Å²) >= 11 is 0. The fraction of sp³-hybridized carbons (Fsp3) is 0.667. The summed E-state index contributed by atoms with van der Waals surface area (Å²) in [5, 5.41) is 3.73. The van der Waals surface area contributed by atoms with Crippen molar-refractivity contribution in [2.24, 2.45) is 5.92 Å². The van der Waals surface area contributed by atoms with Gasteiger partial charge in [0.2, 0.25) is 0 Å². The molecule has 3 aliphatic rings. The Bertz CT molecular complexity index is 1110. The molecule has 0 radical (unpaired) electrons. The van der Waals surface area contributed by atoms with E-state index in [1.54, 1.807) is 7.11 Å². The van der Waals surface area contributed by atoms with Crippen LogP contribution < -0.4 is 15.0 Å². The zero-order valence-corrected chi connectivity index (χ0v) is 27.3. The average Bonchev–Trinajstić information content (AvgIpc) is 3.05. The van der Waals surface area contributed by atoms with Crippen LogP contribution in [-0.2, 0) is 32.2 Å². The van der Waals surface area contributed by atoms with Crippen LogP contribution in [0.15, 0.2) is 42.5 Å². The Morgan fingerprint density at radius 2 is 1.80 bits per heavy atom. The van der Waals surface area contributed by atoms with Crippen LogP contribution in [0.1, 0.15) is 62.1 Å². The number of piperidine rings is 2. The molecule has 1 unspecified atom stereocenters. The maximum atomic E-state index is 6.83. The molecule has 0 aliphatic carbocycles. The fourth-order valence-corrected chi connectivity index (χ4v) is 7.02. The van der Waals surface area contributed by atoms with E-state index in [-0.39, 0.29) is 12.2 Å². The first-order valence-electron chi connectivity index (χ1n) is 17.0. The van der Waals surface area contributed by atoms with Crippen LogP contribution in [0.5, 0.6) is 5.75 Å². The third-order valence-corrected chi connectivity index (χ3v) is 9.26. The summed E-state index contributed by atoms with van der Waals surface area (Å²) in [5.41, 5.74) is 4.93. The van der Waals surface area contributed by atoms with Crippen LogP contribution in [0.3, 0.4) is 0 Å². The van der Waals surface area contributed by atoms with Crippen molar-refractivity contribution in [3.8, 4) is 5.75 Å². The molecule has 2 aromatic rings. The van der Waals surface area contributed by atoms with Gasteiger partial charge < -0.3 is 38.8 Å². The molecule has 0 amide bonds. The summed E-state index contributed by atoms with van der Waals surface area (Å²) < 4.78 is 29.7. The number of methoxy groups -OCH3 is 1. The second-order valence-electron chi connectivity index (χ2n) is 12.7. The number of benzene rings is 2. The number of fused-ring (bicyclic) bond motifs is 1. The van der Waals surface area contributed by atoms with Crippen LogP contribution in [0, 0.1) is 5.92 Å². The van der Waals surface area contributed by atoms with Gasteiger partial charge in [-0.2, -0.15) is 0 Å². The first-order chi connectivity index (χ1) is 21.6. The largest absolute Gasteiger partial charge is 0.490 e. The van der Waals surface area contributed by atoms with E-state index in [9.17, 15) is 0 Å². The summed E-state index contributed by atoms with van der Waals surface area (Å²) in [6.07, 6.45) is 5.19. The highest BCUT2D eigenvalue weighted by Gasteiger charge is 2.36. The molecule has 5 rings (SSSR count). The van der Waals surface area contributed by atoms with Gasteiger partial charge in [0.15, 0.2) is 0 Å². The number of hydrogen-bond donors (Lipinski definition) is 1. The average molecular weight is 610 g/mol. The predicted octanol–water partition coefficient (Wildman–Crippen LogP) is 5.24. The van der Waals surface area contributed by atoms with Gasteiger partial charge in [-0.3, -0.25) is 0 Å². The summed E-state index contributed by atoms with van der Waals surface area (Å²) in [4.78, 5) is 5.10. The number of ether oxygens (including phenoxy) is 5. The Balaban J connectivity index is 1.27. The van der Waals surface area contributed by atoms with E-state index in [2.05, 4.69) is 64.5 Å². The highest BCUT2D eigenvalue weighted by molar-refractivity contribution is 5.61. The highest BCUT2D eigenvalue weighted by atomic mass is 16.5. The van der Waals surface area contributed by atoms with Gasteiger partial charge in [0.25, 0.3) is 0 Å². The molecule has 0 aromatic heterocycles. The molecule has 4 atom stereocenters. The van der Waals surface area contributed by atoms with Crippen molar-refractivity contribution in [1.82, 2.24) is 10.2 Å². The molecular weight excluding hydrogens is 554 g/mol. The van der Waals surface area contributed by atoms with Crippen LogP contribution in [0.2, 0.25) is 0 Å². The molecular formula is C36H55N3O5. The van der Waals surface area contributed by atoms with Crippen molar-refractivity contribution in [3.05, 3.63) is 59.2 Å². The molecule has 0 saturated carbocycles. The van der Waals surface area contributed by atoms with Gasteiger partial charge >= 0.3 is 0 Å². The summed E-state index contributed by atoms with van der Waals surface area (Å²) in [6, 6.07) is 15.6. The summed E-state index contributed by atoms with van der Waals surface area (Å²) in [5.74, 6) is 1.79. The number of hydrogen-bond acceptors (Lipinski definition) is 8. The Labute approximate surface area is 265 Å². The lowest BCUT2D eigenvalue weighted by Gasteiger charge is -2.42. The molecule has 2 aromatic carbocycles. The number of likely N-dealkylation sites (tertiary alicyclic amines) is 1. The molecule has 8 nitrogen and oxygen atoms in total. The molecule has 44 heavy (non-hydrogen) atoms. The topological polar surface area (TPSA) is 64.7 Å². The third-order valence-electron chi connectivity index (χ3n) is 9.26. The molecule has 0 spiro atoms. The minimum atomic E-state index is 0.0952. The van der Waals surface area contributed by atoms with Gasteiger partial charge in [-0.05, 0) is 87.5 Å². The molecule has 1 N–H and O–H groups in total. The molecule has 3 heterocycles. The lowest BCUT2D eigenvalue weighted by atomic mass is 9.78. The maximum Gasteiger partial charge on any atom is 0.142 e. The van der Waals surface area contributed by atoms with Crippen molar-refractivity contribution in [2.75, 3.05) is 84.3 Å². The minimum absolute atomic E-state index is 0.0952. The van der Waals surface area contributed by atoms with E-state index in [4.69, 9.17) is 23.7 Å². The molecule has 244 valence electrons. The van der Waals surface area contributed by atoms with Crippen molar-refractivity contribution < 1.29 is 23.7 Å². The predicted molar refractivity (Wildman–Crippen MR) is 176 cm³/mol. The standard InChI is InChI=1S/C36H55N3O5/c1-4-42-28(2)25-41-26-29-9-12-31(13-10-29)36-32(24-38-15-6-5-7-16-38)22-37-23-35(36)44-27-30-11-14-34-33(21-30)39(18-20-43-34)17-8-19-40-3/h9-14,21,28,32,35-37H,4-8,15-20,22-27H2,1-3H3/t28?,32-,35-,36-/m0/s1. The lowest BCUT2D eigenvalue weighted by Crippen LogP contribution is -2.50. The second kappa shape index (κ2) is 17.5. The van der Waals surface area contributed by atoms with Crippen molar-refractivity contribution in [3.63, 3.8) is 0 Å². The highest BCUT2D eigenvalue weighted by Crippen LogP contribution is 2.36. The van der Waals surface area contributed by atoms with Crippen LogP contribution in [-0.4, -0.2) is 96.5 Å². The van der Waals surface area contributed by atoms with Gasteiger partial charge in [0, 0.05) is 45.9 Å². The zero-order valence-electron chi connectivity index (χ0n) is 27.3. The number of nitrogens with one attached hydrogen (secondary N) is 1. The first-order valence-corrected chi connectivity index (χ1v) is 17.0. The smallest absolute Gasteiger partial charge is 0.142 e. The van der Waals surface area contributed by atoms with E-state index in [1.807, 2.05) is 6.92 Å². The Morgan fingerprint density at radius 1 is 0.977 bits per heavy atom. The third kappa shape index (κ3) is 9.41. The monoisotopic (exact) mass is 609 g/mol. The van der Waals surface area contributed by atoms with Gasteiger partial charge in [0.1, 0.15) is 12.4 Å². The van der Waals surface area contributed by atoms with E-state index in [0.717, 1.165) is 58.1 Å².